The van der Waals surface area contributed by atoms with Gasteiger partial charge in [0.1, 0.15) is 0 Å². The van der Waals surface area contributed by atoms with Crippen LogP contribution in [0.15, 0.2) is 16.0 Å². The van der Waals surface area contributed by atoms with Gasteiger partial charge in [-0.1, -0.05) is 19.0 Å². The fourth-order valence-corrected chi connectivity index (χ4v) is 4.02. The van der Waals surface area contributed by atoms with Crippen LogP contribution in [0.25, 0.3) is 0 Å². The van der Waals surface area contributed by atoms with Crippen molar-refractivity contribution in [2.45, 2.75) is 65.0 Å². The van der Waals surface area contributed by atoms with Crippen molar-refractivity contribution >= 4 is 17.2 Å². The van der Waals surface area contributed by atoms with Crippen molar-refractivity contribution in [1.29, 1.82) is 0 Å². The van der Waals surface area contributed by atoms with Gasteiger partial charge in [0.05, 0.1) is 0 Å². The molecule has 0 fully saturated rings. The van der Waals surface area contributed by atoms with Crippen molar-refractivity contribution in [1.82, 2.24) is 20.4 Å². The van der Waals surface area contributed by atoms with Gasteiger partial charge in [-0.05, 0) is 36.8 Å². The fourth-order valence-electron chi connectivity index (χ4n) is 3.13. The van der Waals surface area contributed by atoms with Crippen LogP contribution >= 0.6 is 11.3 Å². The van der Waals surface area contributed by atoms with Gasteiger partial charge >= 0.3 is 0 Å². The van der Waals surface area contributed by atoms with Crippen molar-refractivity contribution in [2.24, 2.45) is 0 Å². The molecule has 1 aliphatic heterocycles. The standard InChI is InChI=1S/C19H28N4O2S/c1-13(2)19-21-18(25-22-19)6-4-5-17(24)20-11-14(3)23-9-7-16-15(12-23)8-10-26-16/h8,10,13-14H,4-7,9,11-12H2,1-3H3,(H,20,24). The molecule has 1 aliphatic rings. The summed E-state index contributed by atoms with van der Waals surface area (Å²) in [6.45, 7) is 9.00. The molecule has 0 aromatic carbocycles. The van der Waals surface area contributed by atoms with E-state index in [-0.39, 0.29) is 11.8 Å². The first-order valence-corrected chi connectivity index (χ1v) is 10.3. The number of nitrogens with one attached hydrogen (secondary N) is 1. The van der Waals surface area contributed by atoms with Crippen molar-refractivity contribution in [2.75, 3.05) is 13.1 Å². The minimum absolute atomic E-state index is 0.0914. The topological polar surface area (TPSA) is 71.3 Å². The highest BCUT2D eigenvalue weighted by Crippen LogP contribution is 2.24. The number of hydrogen-bond donors (Lipinski definition) is 1. The van der Waals surface area contributed by atoms with E-state index in [1.54, 1.807) is 0 Å². The SMILES string of the molecule is CC(C)c1noc(CCCC(=O)NCC(C)N2CCc3sccc3C2)n1. The lowest BCUT2D eigenvalue weighted by Crippen LogP contribution is -2.44. The van der Waals surface area contributed by atoms with Gasteiger partial charge in [-0.25, -0.2) is 0 Å². The molecular weight excluding hydrogens is 348 g/mol. The third kappa shape index (κ3) is 4.92. The van der Waals surface area contributed by atoms with E-state index >= 15 is 0 Å². The second kappa shape index (κ2) is 8.77. The zero-order chi connectivity index (χ0) is 18.5. The van der Waals surface area contributed by atoms with Gasteiger partial charge in [0.15, 0.2) is 5.82 Å². The lowest BCUT2D eigenvalue weighted by molar-refractivity contribution is -0.121. The summed E-state index contributed by atoms with van der Waals surface area (Å²) >= 11 is 1.85. The Hall–Kier alpha value is -1.73. The molecule has 26 heavy (non-hydrogen) atoms. The molecule has 1 N–H and O–H groups in total. The van der Waals surface area contributed by atoms with Gasteiger partial charge in [-0.15, -0.1) is 11.3 Å². The highest BCUT2D eigenvalue weighted by Gasteiger charge is 2.21. The minimum atomic E-state index is 0.0914. The van der Waals surface area contributed by atoms with Gasteiger partial charge in [0.25, 0.3) is 0 Å². The fraction of sp³-hybridized carbons (Fsp3) is 0.632. The quantitative estimate of drug-likeness (QED) is 0.766. The molecule has 0 bridgehead atoms. The molecule has 0 saturated carbocycles. The summed E-state index contributed by atoms with van der Waals surface area (Å²) in [7, 11) is 0. The molecule has 6 nitrogen and oxygen atoms in total. The monoisotopic (exact) mass is 376 g/mol. The van der Waals surface area contributed by atoms with Crippen molar-refractivity contribution < 1.29 is 9.32 Å². The Kier molecular flexibility index (Phi) is 6.43. The first-order chi connectivity index (χ1) is 12.5. The molecule has 7 heteroatoms. The van der Waals surface area contributed by atoms with Crippen LogP contribution in [0.2, 0.25) is 0 Å². The predicted octanol–water partition coefficient (Wildman–Crippen LogP) is 3.14. The van der Waals surface area contributed by atoms with Crippen LogP contribution < -0.4 is 5.32 Å². The maximum absolute atomic E-state index is 12.1. The lowest BCUT2D eigenvalue weighted by Gasteiger charge is -2.32. The molecule has 0 radical (unpaired) electrons. The summed E-state index contributed by atoms with van der Waals surface area (Å²) in [5.41, 5.74) is 1.44. The number of nitrogens with zero attached hydrogens (tertiary/aromatic N) is 3. The molecule has 3 rings (SSSR count). The smallest absolute Gasteiger partial charge is 0.226 e. The molecule has 1 atom stereocenters. The highest BCUT2D eigenvalue weighted by atomic mass is 32.1. The van der Waals surface area contributed by atoms with E-state index in [0.29, 0.717) is 31.3 Å². The molecule has 1 unspecified atom stereocenters. The number of thiophene rings is 1. The van der Waals surface area contributed by atoms with Gasteiger partial charge in [-0.3, -0.25) is 9.69 Å². The van der Waals surface area contributed by atoms with Crippen LogP contribution in [0.5, 0.6) is 0 Å². The third-order valence-electron chi connectivity index (χ3n) is 4.85. The molecule has 1 amide bonds. The average molecular weight is 377 g/mol. The number of rotatable bonds is 8. The van der Waals surface area contributed by atoms with Crippen molar-refractivity contribution in [3.05, 3.63) is 33.6 Å². The van der Waals surface area contributed by atoms with Crippen LogP contribution in [0.4, 0.5) is 0 Å². The van der Waals surface area contributed by atoms with Crippen LogP contribution in [0, 0.1) is 0 Å². The molecule has 3 heterocycles. The van der Waals surface area contributed by atoms with Crippen LogP contribution in [0.3, 0.4) is 0 Å². The van der Waals surface area contributed by atoms with Crippen LogP contribution in [0.1, 0.15) is 61.7 Å². The lowest BCUT2D eigenvalue weighted by atomic mass is 10.1. The second-order valence-electron chi connectivity index (χ2n) is 7.30. The number of amides is 1. The maximum atomic E-state index is 12.1. The summed E-state index contributed by atoms with van der Waals surface area (Å²) < 4.78 is 5.21. The Morgan fingerprint density at radius 2 is 2.27 bits per heavy atom. The molecular formula is C19H28N4O2S. The number of hydrogen-bond acceptors (Lipinski definition) is 6. The summed E-state index contributed by atoms with van der Waals surface area (Å²) in [5, 5.41) is 9.18. The Bertz CT molecular complexity index is 725. The van der Waals surface area contributed by atoms with Crippen LogP contribution in [-0.4, -0.2) is 40.1 Å². The molecule has 0 saturated heterocycles. The predicted molar refractivity (Wildman–Crippen MR) is 102 cm³/mol. The summed E-state index contributed by atoms with van der Waals surface area (Å²) in [6, 6.07) is 2.57. The number of aromatic nitrogens is 2. The molecule has 2 aromatic heterocycles. The Balaban J connectivity index is 1.34. The molecule has 0 aliphatic carbocycles. The van der Waals surface area contributed by atoms with E-state index in [4.69, 9.17) is 4.52 Å². The van der Waals surface area contributed by atoms with E-state index in [9.17, 15) is 4.79 Å². The Morgan fingerprint density at radius 1 is 1.42 bits per heavy atom. The molecule has 142 valence electrons. The number of carbonyl (C=O) groups is 1. The first kappa shape index (κ1) is 19.0. The van der Waals surface area contributed by atoms with E-state index in [0.717, 1.165) is 31.8 Å². The van der Waals surface area contributed by atoms with Gasteiger partial charge in [0, 0.05) is 49.3 Å². The van der Waals surface area contributed by atoms with Crippen molar-refractivity contribution in [3.63, 3.8) is 0 Å². The van der Waals surface area contributed by atoms with Gasteiger partial charge in [-0.2, -0.15) is 4.98 Å². The highest BCUT2D eigenvalue weighted by molar-refractivity contribution is 7.10. The second-order valence-corrected chi connectivity index (χ2v) is 8.30. The maximum Gasteiger partial charge on any atom is 0.226 e. The van der Waals surface area contributed by atoms with Crippen LogP contribution in [-0.2, 0) is 24.2 Å². The number of aryl methyl sites for hydroxylation is 1. The summed E-state index contributed by atoms with van der Waals surface area (Å²) in [5.74, 6) is 1.70. The zero-order valence-electron chi connectivity index (χ0n) is 15.8. The van der Waals surface area contributed by atoms with E-state index in [2.05, 4.69) is 38.7 Å². The summed E-state index contributed by atoms with van der Waals surface area (Å²) in [4.78, 5) is 20.4. The molecule has 0 spiro atoms. The van der Waals surface area contributed by atoms with Gasteiger partial charge in [0.2, 0.25) is 11.8 Å². The van der Waals surface area contributed by atoms with Gasteiger partial charge < -0.3 is 9.84 Å². The largest absolute Gasteiger partial charge is 0.355 e. The first-order valence-electron chi connectivity index (χ1n) is 9.41. The van der Waals surface area contributed by atoms with Crippen molar-refractivity contribution in [3.8, 4) is 0 Å². The third-order valence-corrected chi connectivity index (χ3v) is 5.87. The summed E-state index contributed by atoms with van der Waals surface area (Å²) in [6.07, 6.45) is 2.98. The number of carbonyl (C=O) groups excluding carboxylic acids is 1. The molecule has 2 aromatic rings. The average Bonchev–Trinajstić information content (AvgIpc) is 3.28. The normalized spacial score (nSPS) is 15.8. The van der Waals surface area contributed by atoms with E-state index in [1.807, 2.05) is 25.2 Å². The Labute approximate surface area is 159 Å². The number of fused-ring (bicyclic) bond motifs is 1. The zero-order valence-corrected chi connectivity index (χ0v) is 16.6. The minimum Gasteiger partial charge on any atom is -0.355 e. The van der Waals surface area contributed by atoms with E-state index in [1.165, 1.54) is 10.4 Å². The van der Waals surface area contributed by atoms with E-state index < -0.39 is 0 Å². The Morgan fingerprint density at radius 3 is 3.04 bits per heavy atom.